The number of nitrogens with two attached hydrogens (primary N) is 1. The van der Waals surface area contributed by atoms with Gasteiger partial charge in [-0.25, -0.2) is 0 Å². The highest BCUT2D eigenvalue weighted by atomic mass is 15.2. The van der Waals surface area contributed by atoms with Crippen LogP contribution in [0.15, 0.2) is 0 Å². The molecule has 124 valence electrons. The minimum atomic E-state index is 0.276. The van der Waals surface area contributed by atoms with Crippen LogP contribution in [0, 0.1) is 17.3 Å². The Morgan fingerprint density at radius 1 is 1.14 bits per heavy atom. The fourth-order valence-electron chi connectivity index (χ4n) is 4.90. The first-order valence-corrected chi connectivity index (χ1v) is 8.89. The molecule has 0 bridgehead atoms. The van der Waals surface area contributed by atoms with E-state index in [9.17, 15) is 0 Å². The third-order valence-electron chi connectivity index (χ3n) is 6.23. The van der Waals surface area contributed by atoms with Crippen LogP contribution in [0.1, 0.15) is 52.9 Å². The largest absolute Gasteiger partial charge is 0.329 e. The summed E-state index contributed by atoms with van der Waals surface area (Å²) in [4.78, 5) is 5.10. The summed E-state index contributed by atoms with van der Waals surface area (Å²) in [6.07, 6.45) is 6.62. The van der Waals surface area contributed by atoms with Gasteiger partial charge in [0.25, 0.3) is 0 Å². The molecule has 0 spiro atoms. The molecule has 2 aliphatic rings. The van der Waals surface area contributed by atoms with Crippen LogP contribution in [-0.2, 0) is 0 Å². The maximum Gasteiger partial charge on any atom is 0.0357 e. The first-order chi connectivity index (χ1) is 9.79. The van der Waals surface area contributed by atoms with Crippen molar-refractivity contribution in [2.45, 2.75) is 58.4 Å². The predicted octanol–water partition coefficient (Wildman–Crippen LogP) is 2.80. The highest BCUT2D eigenvalue weighted by Crippen LogP contribution is 2.47. The van der Waals surface area contributed by atoms with Crippen LogP contribution < -0.4 is 5.73 Å². The summed E-state index contributed by atoms with van der Waals surface area (Å²) >= 11 is 0. The summed E-state index contributed by atoms with van der Waals surface area (Å²) in [5.74, 6) is 1.60. The first-order valence-electron chi connectivity index (χ1n) is 8.89. The Morgan fingerprint density at radius 3 is 2.24 bits per heavy atom. The number of piperidine rings is 1. The zero-order valence-corrected chi connectivity index (χ0v) is 15.0. The molecule has 0 aromatic rings. The van der Waals surface area contributed by atoms with E-state index in [-0.39, 0.29) is 5.54 Å². The Hall–Kier alpha value is -0.120. The van der Waals surface area contributed by atoms with Crippen LogP contribution in [0.2, 0.25) is 0 Å². The monoisotopic (exact) mass is 295 g/mol. The summed E-state index contributed by atoms with van der Waals surface area (Å²) in [6, 6.07) is 0. The highest BCUT2D eigenvalue weighted by molar-refractivity contribution is 5.03. The number of likely N-dealkylation sites (tertiary alicyclic amines) is 1. The lowest BCUT2D eigenvalue weighted by Crippen LogP contribution is -2.62. The van der Waals surface area contributed by atoms with Gasteiger partial charge < -0.3 is 10.6 Å². The van der Waals surface area contributed by atoms with E-state index in [0.29, 0.717) is 5.41 Å². The molecule has 1 saturated heterocycles. The number of rotatable bonds is 4. The molecule has 2 atom stereocenters. The molecule has 0 radical (unpaired) electrons. The second-order valence-electron chi connectivity index (χ2n) is 8.77. The Balaban J connectivity index is 1.99. The van der Waals surface area contributed by atoms with Gasteiger partial charge >= 0.3 is 0 Å². The molecule has 3 nitrogen and oxygen atoms in total. The minimum Gasteiger partial charge on any atom is -0.329 e. The fourth-order valence-corrected chi connectivity index (χ4v) is 4.90. The average molecular weight is 296 g/mol. The van der Waals surface area contributed by atoms with Gasteiger partial charge in [-0.15, -0.1) is 0 Å². The van der Waals surface area contributed by atoms with E-state index in [1.807, 2.05) is 0 Å². The SMILES string of the molecule is CC1CC(C)(C)CCC1(CN)N1CCC(CN(C)C)CC1. The maximum atomic E-state index is 6.31. The van der Waals surface area contributed by atoms with E-state index in [0.717, 1.165) is 18.4 Å². The molecule has 0 aromatic carbocycles. The third kappa shape index (κ3) is 3.80. The van der Waals surface area contributed by atoms with Gasteiger partial charge in [0.2, 0.25) is 0 Å². The standard InChI is InChI=1S/C18H37N3/c1-15-12-17(2,3)8-9-18(15,14-19)21-10-6-16(7-11-21)13-20(4)5/h15-16H,6-14,19H2,1-5H3. The number of nitrogens with zero attached hydrogens (tertiary/aromatic N) is 2. The average Bonchev–Trinajstić information content (AvgIpc) is 2.39. The molecule has 0 amide bonds. The maximum absolute atomic E-state index is 6.31. The number of hydrogen-bond acceptors (Lipinski definition) is 3. The van der Waals surface area contributed by atoms with Gasteiger partial charge in [-0.05, 0) is 76.5 Å². The van der Waals surface area contributed by atoms with Crippen LogP contribution >= 0.6 is 0 Å². The van der Waals surface area contributed by atoms with Gasteiger partial charge in [-0.2, -0.15) is 0 Å². The van der Waals surface area contributed by atoms with Crippen molar-refractivity contribution in [2.24, 2.45) is 23.0 Å². The summed E-state index contributed by atoms with van der Waals surface area (Å²) in [6.45, 7) is 11.9. The topological polar surface area (TPSA) is 32.5 Å². The molecule has 2 fully saturated rings. The van der Waals surface area contributed by atoms with E-state index in [1.165, 1.54) is 51.7 Å². The molecule has 0 aromatic heterocycles. The van der Waals surface area contributed by atoms with Gasteiger partial charge in [-0.3, -0.25) is 4.90 Å². The smallest absolute Gasteiger partial charge is 0.0357 e. The molecule has 3 heteroatoms. The second-order valence-corrected chi connectivity index (χ2v) is 8.77. The van der Waals surface area contributed by atoms with E-state index in [2.05, 4.69) is 44.7 Å². The highest BCUT2D eigenvalue weighted by Gasteiger charge is 2.47. The minimum absolute atomic E-state index is 0.276. The molecule has 1 heterocycles. The van der Waals surface area contributed by atoms with Crippen molar-refractivity contribution in [1.29, 1.82) is 0 Å². The predicted molar refractivity (Wildman–Crippen MR) is 91.4 cm³/mol. The van der Waals surface area contributed by atoms with Crippen molar-refractivity contribution >= 4 is 0 Å². The van der Waals surface area contributed by atoms with Gasteiger partial charge in [0.1, 0.15) is 0 Å². The van der Waals surface area contributed by atoms with Gasteiger partial charge in [-0.1, -0.05) is 20.8 Å². The molecule has 1 aliphatic heterocycles. The quantitative estimate of drug-likeness (QED) is 0.865. The summed E-state index contributed by atoms with van der Waals surface area (Å²) in [7, 11) is 4.39. The molecular weight excluding hydrogens is 258 g/mol. The second kappa shape index (κ2) is 6.55. The van der Waals surface area contributed by atoms with Crippen molar-refractivity contribution < 1.29 is 0 Å². The Labute approximate surface area is 132 Å². The van der Waals surface area contributed by atoms with E-state index < -0.39 is 0 Å². The Kier molecular flexibility index (Phi) is 5.38. The summed E-state index contributed by atoms with van der Waals surface area (Å²) in [5, 5.41) is 0. The van der Waals surface area contributed by atoms with Gasteiger partial charge in [0.05, 0.1) is 0 Å². The van der Waals surface area contributed by atoms with Crippen molar-refractivity contribution in [1.82, 2.24) is 9.80 Å². The zero-order chi connectivity index (χ0) is 15.7. The van der Waals surface area contributed by atoms with Crippen LogP contribution in [0.25, 0.3) is 0 Å². The van der Waals surface area contributed by atoms with E-state index in [1.54, 1.807) is 0 Å². The van der Waals surface area contributed by atoms with Crippen molar-refractivity contribution in [2.75, 3.05) is 40.3 Å². The van der Waals surface area contributed by atoms with Crippen LogP contribution in [-0.4, -0.2) is 55.6 Å². The van der Waals surface area contributed by atoms with Crippen molar-refractivity contribution in [3.05, 3.63) is 0 Å². The lowest BCUT2D eigenvalue weighted by Gasteiger charge is -2.55. The zero-order valence-electron chi connectivity index (χ0n) is 15.0. The Morgan fingerprint density at radius 2 is 1.76 bits per heavy atom. The molecular formula is C18H37N3. The van der Waals surface area contributed by atoms with Crippen LogP contribution in [0.5, 0.6) is 0 Å². The van der Waals surface area contributed by atoms with Crippen LogP contribution in [0.3, 0.4) is 0 Å². The molecule has 2 rings (SSSR count). The van der Waals surface area contributed by atoms with Gasteiger partial charge in [0.15, 0.2) is 0 Å². The van der Waals surface area contributed by atoms with Crippen molar-refractivity contribution in [3.63, 3.8) is 0 Å². The van der Waals surface area contributed by atoms with Crippen LogP contribution in [0.4, 0.5) is 0 Å². The summed E-state index contributed by atoms with van der Waals surface area (Å²) < 4.78 is 0. The third-order valence-corrected chi connectivity index (χ3v) is 6.23. The lowest BCUT2D eigenvalue weighted by molar-refractivity contribution is -0.0400. The normalized spacial score (nSPS) is 35.3. The Bertz CT molecular complexity index is 331. The molecule has 21 heavy (non-hydrogen) atoms. The van der Waals surface area contributed by atoms with E-state index in [4.69, 9.17) is 5.73 Å². The molecule has 1 saturated carbocycles. The number of hydrogen-bond donors (Lipinski definition) is 1. The summed E-state index contributed by atoms with van der Waals surface area (Å²) in [5.41, 5.74) is 7.09. The van der Waals surface area contributed by atoms with E-state index >= 15 is 0 Å². The van der Waals surface area contributed by atoms with Gasteiger partial charge in [0, 0.05) is 18.6 Å². The van der Waals surface area contributed by atoms with Crippen molar-refractivity contribution in [3.8, 4) is 0 Å². The molecule has 2 unspecified atom stereocenters. The fraction of sp³-hybridized carbons (Fsp3) is 1.00. The molecule has 1 aliphatic carbocycles. The molecule has 2 N–H and O–H groups in total. The lowest BCUT2D eigenvalue weighted by atomic mass is 9.62. The first kappa shape index (κ1) is 17.2.